The Balaban J connectivity index is 2.39. The number of halogens is 2. The van der Waals surface area contributed by atoms with Gasteiger partial charge in [-0.05, 0) is 53.3 Å². The van der Waals surface area contributed by atoms with Gasteiger partial charge in [-0.1, -0.05) is 55.2 Å². The van der Waals surface area contributed by atoms with E-state index in [-0.39, 0.29) is 6.04 Å². The molecule has 2 rings (SSSR count). The molecule has 106 valence electrons. The molecule has 2 aromatic rings. The van der Waals surface area contributed by atoms with Gasteiger partial charge in [0.05, 0.1) is 6.04 Å². The zero-order valence-corrected chi connectivity index (χ0v) is 13.3. The Hall–Kier alpha value is -1.02. The molecule has 1 unspecified atom stereocenters. The second kappa shape index (κ2) is 6.62. The van der Waals surface area contributed by atoms with E-state index in [9.17, 15) is 0 Å². The van der Waals surface area contributed by atoms with Crippen molar-refractivity contribution in [3.63, 3.8) is 0 Å². The molecule has 0 heterocycles. The lowest BCUT2D eigenvalue weighted by molar-refractivity contribution is 0.863. The maximum atomic E-state index is 6.35. The standard InChI is InChI=1S/C17H19Cl2N/c1-3-11-5-6-13(7-12(11)4-2)17(20)14-8-15(18)10-16(19)9-14/h5-10,17H,3-4,20H2,1-2H3. The van der Waals surface area contributed by atoms with Gasteiger partial charge in [-0.25, -0.2) is 0 Å². The second-order valence-electron chi connectivity index (χ2n) is 4.92. The number of rotatable bonds is 4. The molecule has 2 N–H and O–H groups in total. The number of hydrogen-bond donors (Lipinski definition) is 1. The normalized spacial score (nSPS) is 12.4. The highest BCUT2D eigenvalue weighted by Gasteiger charge is 2.12. The van der Waals surface area contributed by atoms with Gasteiger partial charge in [0, 0.05) is 10.0 Å². The van der Waals surface area contributed by atoms with E-state index < -0.39 is 0 Å². The van der Waals surface area contributed by atoms with E-state index >= 15 is 0 Å². The van der Waals surface area contributed by atoms with Crippen molar-refractivity contribution >= 4 is 23.2 Å². The number of hydrogen-bond acceptors (Lipinski definition) is 1. The van der Waals surface area contributed by atoms with E-state index in [1.54, 1.807) is 6.07 Å². The SMILES string of the molecule is CCc1ccc(C(N)c2cc(Cl)cc(Cl)c2)cc1CC. The summed E-state index contributed by atoms with van der Waals surface area (Å²) < 4.78 is 0. The molecule has 0 aliphatic heterocycles. The lowest BCUT2D eigenvalue weighted by atomic mass is 9.94. The molecule has 3 heteroatoms. The predicted octanol–water partition coefficient (Wildman–Crippen LogP) is 5.17. The van der Waals surface area contributed by atoms with Gasteiger partial charge < -0.3 is 5.73 Å². The molecular formula is C17H19Cl2N. The zero-order chi connectivity index (χ0) is 14.7. The summed E-state index contributed by atoms with van der Waals surface area (Å²) in [6.07, 6.45) is 2.06. The zero-order valence-electron chi connectivity index (χ0n) is 11.8. The Morgan fingerprint density at radius 3 is 2.00 bits per heavy atom. The molecule has 2 aromatic carbocycles. The summed E-state index contributed by atoms with van der Waals surface area (Å²) in [6, 6.07) is 11.7. The fourth-order valence-corrected chi connectivity index (χ4v) is 3.00. The first kappa shape index (κ1) is 15.4. The molecule has 1 atom stereocenters. The summed E-state index contributed by atoms with van der Waals surface area (Å²) in [6.45, 7) is 4.34. The lowest BCUT2D eigenvalue weighted by Crippen LogP contribution is -2.12. The largest absolute Gasteiger partial charge is 0.320 e. The third kappa shape index (κ3) is 3.35. The molecule has 0 amide bonds. The molecule has 0 aromatic heterocycles. The first-order chi connectivity index (χ1) is 9.55. The molecule has 1 nitrogen and oxygen atoms in total. The summed E-state index contributed by atoms with van der Waals surface area (Å²) in [5.41, 5.74) is 11.1. The van der Waals surface area contributed by atoms with Crippen LogP contribution in [0.5, 0.6) is 0 Å². The van der Waals surface area contributed by atoms with Gasteiger partial charge in [0.2, 0.25) is 0 Å². The number of aryl methyl sites for hydroxylation is 2. The molecule has 0 fully saturated rings. The van der Waals surface area contributed by atoms with Crippen LogP contribution in [0.1, 0.15) is 42.1 Å². The molecule has 0 aliphatic rings. The minimum absolute atomic E-state index is 0.206. The Labute approximate surface area is 130 Å². The summed E-state index contributed by atoms with van der Waals surface area (Å²) >= 11 is 12.1. The van der Waals surface area contributed by atoms with Crippen molar-refractivity contribution in [1.29, 1.82) is 0 Å². The minimum atomic E-state index is -0.206. The molecule has 0 radical (unpaired) electrons. The Kier molecular flexibility index (Phi) is 5.09. The highest BCUT2D eigenvalue weighted by Crippen LogP contribution is 2.27. The van der Waals surface area contributed by atoms with Crippen LogP contribution in [0.4, 0.5) is 0 Å². The summed E-state index contributed by atoms with van der Waals surface area (Å²) in [5, 5.41) is 1.23. The van der Waals surface area contributed by atoms with Gasteiger partial charge >= 0.3 is 0 Å². The van der Waals surface area contributed by atoms with E-state index in [0.29, 0.717) is 10.0 Å². The van der Waals surface area contributed by atoms with Crippen LogP contribution in [-0.4, -0.2) is 0 Å². The fourth-order valence-electron chi connectivity index (χ4n) is 2.46. The van der Waals surface area contributed by atoms with E-state index in [1.807, 2.05) is 12.1 Å². The number of nitrogens with two attached hydrogens (primary N) is 1. The third-order valence-electron chi connectivity index (χ3n) is 3.60. The van der Waals surface area contributed by atoms with Crippen molar-refractivity contribution in [2.24, 2.45) is 5.73 Å². The van der Waals surface area contributed by atoms with Crippen molar-refractivity contribution in [1.82, 2.24) is 0 Å². The number of benzene rings is 2. The monoisotopic (exact) mass is 307 g/mol. The second-order valence-corrected chi connectivity index (χ2v) is 5.79. The molecule has 0 saturated heterocycles. The van der Waals surface area contributed by atoms with Crippen LogP contribution in [0.15, 0.2) is 36.4 Å². The smallest absolute Gasteiger partial charge is 0.0552 e. The van der Waals surface area contributed by atoms with E-state index in [2.05, 4.69) is 32.0 Å². The average Bonchev–Trinajstić information content (AvgIpc) is 2.44. The molecule has 20 heavy (non-hydrogen) atoms. The topological polar surface area (TPSA) is 26.0 Å². The van der Waals surface area contributed by atoms with E-state index in [4.69, 9.17) is 28.9 Å². The summed E-state index contributed by atoms with van der Waals surface area (Å²) in [4.78, 5) is 0. The molecular weight excluding hydrogens is 289 g/mol. The van der Waals surface area contributed by atoms with Crippen molar-refractivity contribution in [2.45, 2.75) is 32.7 Å². The summed E-state index contributed by atoms with van der Waals surface area (Å²) in [7, 11) is 0. The molecule has 0 saturated carbocycles. The van der Waals surface area contributed by atoms with Crippen LogP contribution in [0.2, 0.25) is 10.0 Å². The Morgan fingerprint density at radius 1 is 0.850 bits per heavy atom. The third-order valence-corrected chi connectivity index (χ3v) is 4.03. The van der Waals surface area contributed by atoms with Gasteiger partial charge in [-0.3, -0.25) is 0 Å². The van der Waals surface area contributed by atoms with Gasteiger partial charge in [0.15, 0.2) is 0 Å². The van der Waals surface area contributed by atoms with E-state index in [0.717, 1.165) is 24.0 Å². The minimum Gasteiger partial charge on any atom is -0.320 e. The van der Waals surface area contributed by atoms with Crippen LogP contribution in [0, 0.1) is 0 Å². The van der Waals surface area contributed by atoms with Gasteiger partial charge in [0.1, 0.15) is 0 Å². The Bertz CT molecular complexity index is 588. The average molecular weight is 308 g/mol. The van der Waals surface area contributed by atoms with Gasteiger partial charge in [-0.15, -0.1) is 0 Å². The van der Waals surface area contributed by atoms with Crippen molar-refractivity contribution in [3.8, 4) is 0 Å². The van der Waals surface area contributed by atoms with Gasteiger partial charge in [0.25, 0.3) is 0 Å². The lowest BCUT2D eigenvalue weighted by Gasteiger charge is -2.16. The van der Waals surface area contributed by atoms with Crippen LogP contribution in [-0.2, 0) is 12.8 Å². The molecule has 0 spiro atoms. The van der Waals surface area contributed by atoms with Crippen molar-refractivity contribution in [3.05, 3.63) is 68.7 Å². The van der Waals surface area contributed by atoms with E-state index in [1.165, 1.54) is 11.1 Å². The Morgan fingerprint density at radius 2 is 1.45 bits per heavy atom. The van der Waals surface area contributed by atoms with Crippen LogP contribution >= 0.6 is 23.2 Å². The van der Waals surface area contributed by atoms with Crippen LogP contribution in [0.25, 0.3) is 0 Å². The molecule has 0 aliphatic carbocycles. The fraction of sp³-hybridized carbons (Fsp3) is 0.294. The quantitative estimate of drug-likeness (QED) is 0.829. The van der Waals surface area contributed by atoms with Crippen molar-refractivity contribution in [2.75, 3.05) is 0 Å². The maximum absolute atomic E-state index is 6.35. The highest BCUT2D eigenvalue weighted by atomic mass is 35.5. The first-order valence-corrected chi connectivity index (χ1v) is 7.64. The maximum Gasteiger partial charge on any atom is 0.0552 e. The van der Waals surface area contributed by atoms with Crippen LogP contribution in [0.3, 0.4) is 0 Å². The summed E-state index contributed by atoms with van der Waals surface area (Å²) in [5.74, 6) is 0. The first-order valence-electron chi connectivity index (χ1n) is 6.88. The van der Waals surface area contributed by atoms with Crippen LogP contribution < -0.4 is 5.73 Å². The highest BCUT2D eigenvalue weighted by molar-refractivity contribution is 6.34. The van der Waals surface area contributed by atoms with Crippen molar-refractivity contribution < 1.29 is 0 Å². The van der Waals surface area contributed by atoms with Gasteiger partial charge in [-0.2, -0.15) is 0 Å². The molecule has 0 bridgehead atoms. The predicted molar refractivity (Wildman–Crippen MR) is 87.7 cm³/mol.